The smallest absolute Gasteiger partial charge is 0.339 e. The average Bonchev–Trinajstić information content (AvgIpc) is 2.47. The van der Waals surface area contributed by atoms with E-state index in [1.807, 2.05) is 6.07 Å². The molecule has 0 aliphatic carbocycles. The van der Waals surface area contributed by atoms with Crippen LogP contribution in [0.25, 0.3) is 0 Å². The van der Waals surface area contributed by atoms with Crippen molar-refractivity contribution in [3.8, 4) is 17.6 Å². The van der Waals surface area contributed by atoms with Crippen LogP contribution in [0.4, 0.5) is 0 Å². The Hall–Kier alpha value is -2.23. The lowest BCUT2D eigenvalue weighted by Gasteiger charge is -2.11. The second-order valence-electron chi connectivity index (χ2n) is 3.97. The highest BCUT2D eigenvalue weighted by Gasteiger charge is 2.19. The number of hydrogen-bond donors (Lipinski definition) is 0. The summed E-state index contributed by atoms with van der Waals surface area (Å²) in [4.78, 5) is -0.0681. The number of nitrogens with zero attached hydrogens (tertiary/aromatic N) is 1. The fourth-order valence-corrected chi connectivity index (χ4v) is 2.84. The van der Waals surface area contributed by atoms with Gasteiger partial charge in [0, 0.05) is 11.1 Å². The SMILES string of the molecule is COc1cc(C#N)ccc1OS(=O)(=O)c1cccc(Cl)c1. The summed E-state index contributed by atoms with van der Waals surface area (Å²) < 4.78 is 34.4. The lowest BCUT2D eigenvalue weighted by Crippen LogP contribution is -2.10. The molecular formula is C14H10ClNO4S. The van der Waals surface area contributed by atoms with E-state index in [1.165, 1.54) is 43.5 Å². The van der Waals surface area contributed by atoms with E-state index < -0.39 is 10.1 Å². The van der Waals surface area contributed by atoms with Crippen molar-refractivity contribution in [1.82, 2.24) is 0 Å². The number of benzene rings is 2. The number of methoxy groups -OCH3 is 1. The number of rotatable bonds is 4. The van der Waals surface area contributed by atoms with Gasteiger partial charge in [0.05, 0.1) is 18.7 Å². The molecule has 7 heteroatoms. The minimum atomic E-state index is -4.04. The summed E-state index contributed by atoms with van der Waals surface area (Å²) >= 11 is 5.77. The van der Waals surface area contributed by atoms with Gasteiger partial charge in [0.15, 0.2) is 11.5 Å². The number of ether oxygens (including phenoxy) is 1. The third kappa shape index (κ3) is 3.45. The number of nitriles is 1. The van der Waals surface area contributed by atoms with E-state index in [9.17, 15) is 8.42 Å². The minimum absolute atomic E-state index is 0.00326. The van der Waals surface area contributed by atoms with Gasteiger partial charge in [-0.2, -0.15) is 13.7 Å². The first-order valence-corrected chi connectivity index (χ1v) is 7.53. The molecule has 2 aromatic carbocycles. The van der Waals surface area contributed by atoms with E-state index in [1.54, 1.807) is 6.07 Å². The van der Waals surface area contributed by atoms with Crippen LogP contribution in [-0.2, 0) is 10.1 Å². The minimum Gasteiger partial charge on any atom is -0.493 e. The maximum atomic E-state index is 12.2. The Morgan fingerprint density at radius 3 is 2.52 bits per heavy atom. The van der Waals surface area contributed by atoms with Gasteiger partial charge < -0.3 is 8.92 Å². The van der Waals surface area contributed by atoms with Gasteiger partial charge in [-0.05, 0) is 30.3 Å². The Morgan fingerprint density at radius 2 is 1.90 bits per heavy atom. The molecule has 0 amide bonds. The highest BCUT2D eigenvalue weighted by atomic mass is 35.5. The van der Waals surface area contributed by atoms with Crippen molar-refractivity contribution in [2.45, 2.75) is 4.90 Å². The second-order valence-corrected chi connectivity index (χ2v) is 5.96. The van der Waals surface area contributed by atoms with E-state index in [-0.39, 0.29) is 21.4 Å². The van der Waals surface area contributed by atoms with Crippen LogP contribution < -0.4 is 8.92 Å². The highest BCUT2D eigenvalue weighted by molar-refractivity contribution is 7.87. The van der Waals surface area contributed by atoms with Crippen molar-refractivity contribution >= 4 is 21.7 Å². The quantitative estimate of drug-likeness (QED) is 0.808. The van der Waals surface area contributed by atoms with E-state index in [4.69, 9.17) is 25.8 Å². The fraction of sp³-hybridized carbons (Fsp3) is 0.0714. The van der Waals surface area contributed by atoms with E-state index in [0.29, 0.717) is 5.56 Å². The van der Waals surface area contributed by atoms with Gasteiger partial charge in [-0.15, -0.1) is 0 Å². The van der Waals surface area contributed by atoms with Crippen LogP contribution >= 0.6 is 11.6 Å². The topological polar surface area (TPSA) is 76.4 Å². The van der Waals surface area contributed by atoms with Crippen molar-refractivity contribution in [2.75, 3.05) is 7.11 Å². The van der Waals surface area contributed by atoms with Gasteiger partial charge in [-0.3, -0.25) is 0 Å². The van der Waals surface area contributed by atoms with Crippen molar-refractivity contribution < 1.29 is 17.3 Å². The Labute approximate surface area is 127 Å². The molecule has 0 aliphatic heterocycles. The standard InChI is InChI=1S/C14H10ClNO4S/c1-19-14-7-10(9-16)5-6-13(14)20-21(17,18)12-4-2-3-11(15)8-12/h2-8H,1H3. The van der Waals surface area contributed by atoms with Gasteiger partial charge in [-0.25, -0.2) is 0 Å². The predicted molar refractivity (Wildman–Crippen MR) is 77.0 cm³/mol. The predicted octanol–water partition coefficient (Wildman–Crippen LogP) is 2.99. The summed E-state index contributed by atoms with van der Waals surface area (Å²) in [5.74, 6) is 0.149. The first kappa shape index (κ1) is 15.2. The zero-order chi connectivity index (χ0) is 15.5. The third-order valence-electron chi connectivity index (χ3n) is 2.58. The van der Waals surface area contributed by atoms with Gasteiger partial charge in [0.25, 0.3) is 0 Å². The summed E-state index contributed by atoms with van der Waals surface area (Å²) in [5.41, 5.74) is 0.333. The molecule has 21 heavy (non-hydrogen) atoms. The molecule has 0 N–H and O–H groups in total. The molecule has 108 valence electrons. The highest BCUT2D eigenvalue weighted by Crippen LogP contribution is 2.30. The molecule has 0 unspecified atom stereocenters. The molecule has 2 rings (SSSR count). The van der Waals surface area contributed by atoms with Crippen LogP contribution in [0.2, 0.25) is 5.02 Å². The van der Waals surface area contributed by atoms with Crippen LogP contribution in [0.3, 0.4) is 0 Å². The Kier molecular flexibility index (Phi) is 4.36. The van der Waals surface area contributed by atoms with Gasteiger partial charge in [0.2, 0.25) is 0 Å². The monoisotopic (exact) mass is 323 g/mol. The summed E-state index contributed by atoms with van der Waals surface area (Å²) in [6, 6.07) is 11.8. The Bertz CT molecular complexity index is 812. The molecule has 0 saturated heterocycles. The van der Waals surface area contributed by atoms with Gasteiger partial charge >= 0.3 is 10.1 Å². The second kappa shape index (κ2) is 6.04. The van der Waals surface area contributed by atoms with Crippen LogP contribution in [0.1, 0.15) is 5.56 Å². The molecule has 0 spiro atoms. The number of halogens is 1. The largest absolute Gasteiger partial charge is 0.493 e. The average molecular weight is 324 g/mol. The molecule has 0 aromatic heterocycles. The Morgan fingerprint density at radius 1 is 1.14 bits per heavy atom. The first-order valence-electron chi connectivity index (χ1n) is 5.74. The molecule has 0 heterocycles. The third-order valence-corrected chi connectivity index (χ3v) is 4.04. The lowest BCUT2D eigenvalue weighted by atomic mass is 10.2. The molecule has 0 radical (unpaired) electrons. The molecule has 5 nitrogen and oxygen atoms in total. The Balaban J connectivity index is 2.40. The maximum absolute atomic E-state index is 12.2. The lowest BCUT2D eigenvalue weighted by molar-refractivity contribution is 0.390. The zero-order valence-corrected chi connectivity index (χ0v) is 12.5. The van der Waals surface area contributed by atoms with Crippen LogP contribution in [0.5, 0.6) is 11.5 Å². The molecule has 0 bridgehead atoms. The van der Waals surface area contributed by atoms with Crippen molar-refractivity contribution in [3.05, 3.63) is 53.1 Å². The van der Waals surface area contributed by atoms with Crippen molar-refractivity contribution in [1.29, 1.82) is 5.26 Å². The van der Waals surface area contributed by atoms with E-state index in [2.05, 4.69) is 0 Å². The molecule has 0 aliphatic rings. The molecule has 0 saturated carbocycles. The first-order chi connectivity index (χ1) is 9.96. The summed E-state index contributed by atoms with van der Waals surface area (Å²) in [7, 11) is -2.68. The van der Waals surface area contributed by atoms with E-state index >= 15 is 0 Å². The molecular weight excluding hydrogens is 314 g/mol. The normalized spacial score (nSPS) is 10.7. The van der Waals surface area contributed by atoms with Crippen molar-refractivity contribution in [3.63, 3.8) is 0 Å². The summed E-state index contributed by atoms with van der Waals surface area (Å²) in [6.07, 6.45) is 0. The summed E-state index contributed by atoms with van der Waals surface area (Å²) in [5, 5.41) is 9.09. The summed E-state index contributed by atoms with van der Waals surface area (Å²) in [6.45, 7) is 0. The van der Waals surface area contributed by atoms with E-state index in [0.717, 1.165) is 0 Å². The molecule has 0 fully saturated rings. The zero-order valence-electron chi connectivity index (χ0n) is 10.9. The molecule has 0 atom stereocenters. The van der Waals surface area contributed by atoms with Crippen LogP contribution in [0.15, 0.2) is 47.4 Å². The number of hydrogen-bond acceptors (Lipinski definition) is 5. The van der Waals surface area contributed by atoms with Gasteiger partial charge in [-0.1, -0.05) is 17.7 Å². The molecule has 2 aromatic rings. The van der Waals surface area contributed by atoms with Crippen LogP contribution in [-0.4, -0.2) is 15.5 Å². The maximum Gasteiger partial charge on any atom is 0.339 e. The van der Waals surface area contributed by atoms with Gasteiger partial charge in [0.1, 0.15) is 4.90 Å². The van der Waals surface area contributed by atoms with Crippen molar-refractivity contribution in [2.24, 2.45) is 0 Å². The van der Waals surface area contributed by atoms with Crippen LogP contribution in [0, 0.1) is 11.3 Å². The fourth-order valence-electron chi connectivity index (χ4n) is 1.59.